The molecule has 50 heavy (non-hydrogen) atoms. The number of fused-ring (bicyclic) bond motifs is 2. The summed E-state index contributed by atoms with van der Waals surface area (Å²) in [5, 5.41) is 22.1. The van der Waals surface area contributed by atoms with Crippen LogP contribution in [0.25, 0.3) is 11.0 Å². The second-order valence-electron chi connectivity index (χ2n) is 13.3. The first-order valence-corrected chi connectivity index (χ1v) is 17.1. The quantitative estimate of drug-likeness (QED) is 0.171. The van der Waals surface area contributed by atoms with E-state index in [0.29, 0.717) is 24.8 Å². The molecule has 1 aromatic heterocycles. The fourth-order valence-corrected chi connectivity index (χ4v) is 7.80. The summed E-state index contributed by atoms with van der Waals surface area (Å²) in [6.45, 7) is 9.03. The molecule has 13 heteroatoms. The minimum Gasteiger partial charge on any atom is -0.460 e. The van der Waals surface area contributed by atoms with Gasteiger partial charge in [0.1, 0.15) is 29.9 Å². The number of benzene rings is 2. The van der Waals surface area contributed by atoms with E-state index in [1.54, 1.807) is 28.7 Å². The summed E-state index contributed by atoms with van der Waals surface area (Å²) < 4.78 is 14.0. The van der Waals surface area contributed by atoms with E-state index >= 15 is 0 Å². The second kappa shape index (κ2) is 14.9. The molecular weight excluding hydrogens is 640 g/mol. The Bertz CT molecular complexity index is 1750. The number of aliphatic hydroxyl groups is 1. The van der Waals surface area contributed by atoms with Gasteiger partial charge in [0.15, 0.2) is 0 Å². The molecule has 0 saturated carbocycles. The van der Waals surface area contributed by atoms with E-state index in [2.05, 4.69) is 28.8 Å². The smallest absolute Gasteiger partial charge is 0.312 e. The number of likely N-dealkylation sites (tertiary alicyclic amines) is 1. The average molecular weight is 685 g/mol. The zero-order chi connectivity index (χ0) is 35.4. The van der Waals surface area contributed by atoms with Gasteiger partial charge in [-0.05, 0) is 50.3 Å². The molecule has 2 aromatic carbocycles. The van der Waals surface area contributed by atoms with Gasteiger partial charge in [-0.1, -0.05) is 59.8 Å². The van der Waals surface area contributed by atoms with Crippen LogP contribution < -0.4 is 5.32 Å². The molecule has 3 amide bonds. The van der Waals surface area contributed by atoms with Gasteiger partial charge in [0.25, 0.3) is 0 Å². The summed E-state index contributed by atoms with van der Waals surface area (Å²) in [5.41, 5.74) is 0.956. The van der Waals surface area contributed by atoms with Crippen LogP contribution in [-0.2, 0) is 41.7 Å². The maximum Gasteiger partial charge on any atom is 0.312 e. The van der Waals surface area contributed by atoms with E-state index in [4.69, 9.17) is 9.47 Å². The van der Waals surface area contributed by atoms with Gasteiger partial charge in [0, 0.05) is 13.0 Å². The van der Waals surface area contributed by atoms with E-state index in [9.17, 15) is 24.3 Å². The molecule has 1 spiro atoms. The van der Waals surface area contributed by atoms with Gasteiger partial charge in [-0.2, -0.15) is 0 Å². The van der Waals surface area contributed by atoms with E-state index in [0.717, 1.165) is 11.1 Å². The molecule has 6 rings (SSSR count). The Labute approximate surface area is 290 Å². The Hall–Kier alpha value is -4.88. The predicted molar refractivity (Wildman–Crippen MR) is 183 cm³/mol. The van der Waals surface area contributed by atoms with Gasteiger partial charge in [0.2, 0.25) is 17.7 Å². The number of para-hydroxylation sites is 1. The molecule has 3 fully saturated rings. The van der Waals surface area contributed by atoms with Gasteiger partial charge in [-0.25, -0.2) is 4.68 Å². The summed E-state index contributed by atoms with van der Waals surface area (Å²) in [6, 6.07) is 14.9. The number of carbonyl (C=O) groups excluding carboxylic acids is 4. The zero-order valence-electron chi connectivity index (χ0n) is 28.2. The number of nitrogens with zero attached hydrogens (tertiary/aromatic N) is 5. The lowest BCUT2D eigenvalue weighted by Gasteiger charge is -2.39. The van der Waals surface area contributed by atoms with Crippen LogP contribution in [0.4, 0.5) is 0 Å². The Balaban J connectivity index is 1.32. The van der Waals surface area contributed by atoms with E-state index in [1.807, 2.05) is 54.6 Å². The van der Waals surface area contributed by atoms with E-state index in [1.165, 1.54) is 4.90 Å². The Morgan fingerprint density at radius 2 is 1.92 bits per heavy atom. The number of esters is 1. The highest BCUT2D eigenvalue weighted by molar-refractivity contribution is 5.98. The fraction of sp³-hybridized carbons (Fsp3) is 0.459. The topological polar surface area (TPSA) is 156 Å². The Morgan fingerprint density at radius 1 is 1.16 bits per heavy atom. The van der Waals surface area contributed by atoms with Gasteiger partial charge in [0.05, 0.1) is 42.6 Å². The maximum absolute atomic E-state index is 14.9. The number of carbonyl (C=O) groups is 4. The van der Waals surface area contributed by atoms with Crippen molar-refractivity contribution in [1.29, 1.82) is 0 Å². The van der Waals surface area contributed by atoms with Crippen molar-refractivity contribution >= 4 is 34.7 Å². The number of rotatable bonds is 16. The zero-order valence-corrected chi connectivity index (χ0v) is 28.2. The van der Waals surface area contributed by atoms with Crippen molar-refractivity contribution in [3.63, 3.8) is 0 Å². The van der Waals surface area contributed by atoms with E-state index < -0.39 is 66.1 Å². The highest BCUT2D eigenvalue weighted by atomic mass is 16.6. The summed E-state index contributed by atoms with van der Waals surface area (Å²) >= 11 is 0. The van der Waals surface area contributed by atoms with Crippen LogP contribution in [0.3, 0.4) is 0 Å². The van der Waals surface area contributed by atoms with Crippen LogP contribution in [0.2, 0.25) is 0 Å². The Morgan fingerprint density at radius 3 is 2.66 bits per heavy atom. The molecular formula is C37H44N6O7. The number of amides is 3. The normalized spacial score (nSPS) is 24.8. The predicted octanol–water partition coefficient (Wildman–Crippen LogP) is 2.40. The third kappa shape index (κ3) is 6.54. The lowest BCUT2D eigenvalue weighted by Crippen LogP contribution is -2.59. The average Bonchev–Trinajstić information content (AvgIpc) is 3.88. The van der Waals surface area contributed by atoms with Crippen molar-refractivity contribution < 1.29 is 33.8 Å². The van der Waals surface area contributed by atoms with Crippen molar-refractivity contribution in [1.82, 2.24) is 30.1 Å². The summed E-state index contributed by atoms with van der Waals surface area (Å²) in [7, 11) is 0. The minimum absolute atomic E-state index is 0.0258. The van der Waals surface area contributed by atoms with Crippen LogP contribution in [0.1, 0.15) is 38.2 Å². The molecule has 13 nitrogen and oxygen atoms in total. The maximum atomic E-state index is 14.9. The molecule has 2 bridgehead atoms. The highest BCUT2D eigenvalue weighted by Crippen LogP contribution is 2.59. The first kappa shape index (κ1) is 35.0. The molecule has 0 unspecified atom stereocenters. The van der Waals surface area contributed by atoms with Crippen molar-refractivity contribution in [3.8, 4) is 0 Å². The molecule has 3 aliphatic rings. The summed E-state index contributed by atoms with van der Waals surface area (Å²) in [5.74, 6) is -3.60. The number of aliphatic hydroxyl groups excluding tert-OH is 1. The third-order valence-corrected chi connectivity index (χ3v) is 10.0. The van der Waals surface area contributed by atoms with Gasteiger partial charge in [-0.15, -0.1) is 18.3 Å². The first-order chi connectivity index (χ1) is 24.2. The molecule has 4 heterocycles. The second-order valence-corrected chi connectivity index (χ2v) is 13.3. The molecule has 7 atom stereocenters. The lowest BCUT2D eigenvalue weighted by molar-refractivity contribution is -0.160. The molecule has 3 saturated heterocycles. The molecule has 0 aliphatic carbocycles. The number of hydrogen-bond donors (Lipinski definition) is 2. The monoisotopic (exact) mass is 684 g/mol. The number of aromatic nitrogens is 3. The Kier molecular flexibility index (Phi) is 10.4. The van der Waals surface area contributed by atoms with Crippen molar-refractivity contribution in [3.05, 3.63) is 85.5 Å². The minimum atomic E-state index is -1.32. The number of nitrogens with one attached hydrogen (secondary N) is 1. The van der Waals surface area contributed by atoms with Gasteiger partial charge in [-0.3, -0.25) is 19.2 Å². The standard InChI is InChI=1S/C37H44N6O7/c1-4-6-16-30(45)38-21-24(3)49-36(48)31-29-17-18-37(50-29)32(31)34(46)43(26(22-44)20-25-12-8-7-9-13-25)33(37)35(47)41(19-5-2)23-42-28-15-11-10-14-27(28)39-40-42/h4-5,7-15,24,26,29,31-33,44H,1-2,6,16-23H2,3H3,(H,38,45)/t24-,26+,29+,31-,32-,33+,37-/m0/s1. The largest absolute Gasteiger partial charge is 0.460 e. The molecule has 264 valence electrons. The van der Waals surface area contributed by atoms with Crippen LogP contribution in [0.15, 0.2) is 79.9 Å². The van der Waals surface area contributed by atoms with Crippen LogP contribution >= 0.6 is 0 Å². The van der Waals surface area contributed by atoms with Crippen molar-refractivity contribution in [2.75, 3.05) is 19.7 Å². The van der Waals surface area contributed by atoms with Gasteiger partial charge >= 0.3 is 5.97 Å². The van der Waals surface area contributed by atoms with Crippen LogP contribution in [-0.4, -0.2) is 103 Å². The highest BCUT2D eigenvalue weighted by Gasteiger charge is 2.75. The number of hydrogen-bond acceptors (Lipinski definition) is 9. The van der Waals surface area contributed by atoms with Crippen LogP contribution in [0, 0.1) is 11.8 Å². The lowest BCUT2D eigenvalue weighted by atomic mass is 9.70. The number of ether oxygens (including phenoxy) is 2. The summed E-state index contributed by atoms with van der Waals surface area (Å²) in [6.07, 6.45) is 3.87. The van der Waals surface area contributed by atoms with E-state index in [-0.39, 0.29) is 38.5 Å². The fourth-order valence-electron chi connectivity index (χ4n) is 7.80. The van der Waals surface area contributed by atoms with Crippen molar-refractivity contribution in [2.45, 2.75) is 75.6 Å². The third-order valence-electron chi connectivity index (χ3n) is 10.0. The first-order valence-electron chi connectivity index (χ1n) is 17.1. The molecule has 0 radical (unpaired) electrons. The summed E-state index contributed by atoms with van der Waals surface area (Å²) in [4.78, 5) is 58.6. The SMILES string of the molecule is C=CCCC(=O)NC[C@H](C)OC(=O)[C@@H]1[C@H]2C(=O)N([C@@H](CO)Cc3ccccc3)[C@H](C(=O)N(CC=C)Cn3nnc4ccccc43)[C@]23CC[C@H]1O3. The molecule has 2 N–H and O–H groups in total. The van der Waals surface area contributed by atoms with Crippen LogP contribution in [0.5, 0.6) is 0 Å². The van der Waals surface area contributed by atoms with Crippen molar-refractivity contribution in [2.24, 2.45) is 11.8 Å². The molecule has 3 aliphatic heterocycles. The molecule has 3 aromatic rings. The number of allylic oxidation sites excluding steroid dienone is 1. The van der Waals surface area contributed by atoms with Gasteiger partial charge < -0.3 is 29.7 Å².